The van der Waals surface area contributed by atoms with Crippen molar-refractivity contribution in [3.05, 3.63) is 40.6 Å². The van der Waals surface area contributed by atoms with Gasteiger partial charge in [0, 0.05) is 0 Å². The fourth-order valence-electron chi connectivity index (χ4n) is 2.67. The van der Waals surface area contributed by atoms with Crippen LogP contribution in [0.15, 0.2) is 29.2 Å². The topological polar surface area (TPSA) is 23.6 Å². The molecule has 0 N–H and O–H groups in total. The molecule has 2 aliphatic rings. The van der Waals surface area contributed by atoms with E-state index < -0.39 is 0 Å². The maximum Gasteiger partial charge on any atom is 0.267 e. The maximum atomic E-state index is 13.2. The number of nitrogens with zero attached hydrogens (tertiary/aromatic N) is 2. The Balaban J connectivity index is 1.73. The Hall–Kier alpha value is -1.24. The average Bonchev–Trinajstić information content (AvgIpc) is 2.76. The van der Waals surface area contributed by atoms with Gasteiger partial charge in [-0.2, -0.15) is 0 Å². The number of halogens is 1. The molecule has 1 aromatic rings. The number of piperidine rings is 1. The van der Waals surface area contributed by atoms with Gasteiger partial charge in [0.15, 0.2) is 0 Å². The van der Waals surface area contributed by atoms with E-state index in [1.54, 1.807) is 23.1 Å². The summed E-state index contributed by atoms with van der Waals surface area (Å²) in [7, 11) is 0. The minimum absolute atomic E-state index is 0.0789. The molecule has 6 heteroatoms. The van der Waals surface area contributed by atoms with Gasteiger partial charge >= 0.3 is 0 Å². The summed E-state index contributed by atoms with van der Waals surface area (Å²) in [6, 6.07) is 6.21. The highest BCUT2D eigenvalue weighted by Crippen LogP contribution is 2.33. The van der Waals surface area contributed by atoms with Gasteiger partial charge in [0.05, 0.1) is 11.6 Å². The summed E-state index contributed by atoms with van der Waals surface area (Å²) < 4.78 is 13.8. The quantitative estimate of drug-likeness (QED) is 0.623. The van der Waals surface area contributed by atoms with Gasteiger partial charge in [0.1, 0.15) is 10.1 Å². The molecule has 0 atom stereocenters. The average molecular weight is 336 g/mol. The molecule has 0 radical (unpaired) electrons. The molecule has 2 heterocycles. The molecule has 0 bridgehead atoms. The second-order valence-electron chi connectivity index (χ2n) is 5.48. The van der Waals surface area contributed by atoms with E-state index in [0.717, 1.165) is 13.1 Å². The van der Waals surface area contributed by atoms with Gasteiger partial charge < -0.3 is 0 Å². The van der Waals surface area contributed by atoms with E-state index in [1.165, 1.54) is 43.2 Å². The Morgan fingerprint density at radius 1 is 1.27 bits per heavy atom. The number of rotatable bonds is 3. The molecule has 0 spiro atoms. The second-order valence-corrected chi connectivity index (χ2v) is 7.16. The summed E-state index contributed by atoms with van der Waals surface area (Å²) in [6.07, 6.45) is 5.31. The fraction of sp³-hybridized carbons (Fsp3) is 0.375. The van der Waals surface area contributed by atoms with E-state index in [2.05, 4.69) is 4.90 Å². The lowest BCUT2D eigenvalue weighted by Crippen LogP contribution is -2.42. The number of amides is 1. The number of thiocarbonyl (C=S) groups is 1. The van der Waals surface area contributed by atoms with Crippen molar-refractivity contribution in [2.45, 2.75) is 19.3 Å². The van der Waals surface area contributed by atoms with Crippen molar-refractivity contribution in [3.8, 4) is 0 Å². The molecule has 2 aliphatic heterocycles. The number of carbonyl (C=O) groups is 1. The summed E-state index contributed by atoms with van der Waals surface area (Å²) in [5, 5.41) is 0. The van der Waals surface area contributed by atoms with Crippen molar-refractivity contribution < 1.29 is 9.18 Å². The smallest absolute Gasteiger partial charge is 0.267 e. The maximum absolute atomic E-state index is 13.2. The molecule has 2 fully saturated rings. The Labute approximate surface area is 139 Å². The lowest BCUT2D eigenvalue weighted by Gasteiger charge is -2.29. The van der Waals surface area contributed by atoms with Gasteiger partial charge in [-0.1, -0.05) is 42.5 Å². The van der Waals surface area contributed by atoms with Crippen molar-refractivity contribution in [1.82, 2.24) is 9.80 Å². The first-order chi connectivity index (χ1) is 10.6. The summed E-state index contributed by atoms with van der Waals surface area (Å²) in [6.45, 7) is 2.59. The molecular weight excluding hydrogens is 319 g/mol. The van der Waals surface area contributed by atoms with Crippen LogP contribution in [0.1, 0.15) is 24.8 Å². The summed E-state index contributed by atoms with van der Waals surface area (Å²) >= 11 is 6.62. The van der Waals surface area contributed by atoms with Crippen molar-refractivity contribution in [2.24, 2.45) is 0 Å². The third kappa shape index (κ3) is 3.56. The predicted molar refractivity (Wildman–Crippen MR) is 91.7 cm³/mol. The lowest BCUT2D eigenvalue weighted by atomic mass is 10.1. The summed E-state index contributed by atoms with van der Waals surface area (Å²) in [5.41, 5.74) is 0.679. The van der Waals surface area contributed by atoms with Gasteiger partial charge in [-0.25, -0.2) is 4.39 Å². The SMILES string of the molecule is O=C1/C(=C/c2cccc(F)c2)SC(=S)N1CN1CCCCC1. The normalized spacial score (nSPS) is 21.9. The predicted octanol–water partition coefficient (Wildman–Crippen LogP) is 3.47. The molecule has 116 valence electrons. The van der Waals surface area contributed by atoms with Crippen molar-refractivity contribution in [2.75, 3.05) is 19.8 Å². The molecule has 2 saturated heterocycles. The minimum atomic E-state index is -0.308. The first kappa shape index (κ1) is 15.6. The van der Waals surface area contributed by atoms with Crippen LogP contribution in [0.5, 0.6) is 0 Å². The number of hydrogen-bond acceptors (Lipinski definition) is 4. The van der Waals surface area contributed by atoms with Crippen LogP contribution in [0, 0.1) is 5.82 Å². The Kier molecular flexibility index (Phi) is 4.90. The summed E-state index contributed by atoms with van der Waals surface area (Å²) in [5.74, 6) is -0.387. The molecule has 3 rings (SSSR count). The number of hydrogen-bond donors (Lipinski definition) is 0. The standard InChI is InChI=1S/C16H17FN2OS2/c17-13-6-4-5-12(9-13)10-14-15(20)19(16(21)22-14)11-18-7-2-1-3-8-18/h4-6,9-10H,1-3,7-8,11H2/b14-10-. The second kappa shape index (κ2) is 6.89. The molecular formula is C16H17FN2OS2. The van der Waals surface area contributed by atoms with Gasteiger partial charge in [-0.05, 0) is 49.7 Å². The summed E-state index contributed by atoms with van der Waals surface area (Å²) in [4.78, 5) is 17.0. The van der Waals surface area contributed by atoms with Crippen molar-refractivity contribution in [1.29, 1.82) is 0 Å². The number of benzene rings is 1. The van der Waals surface area contributed by atoms with Crippen LogP contribution in [0.4, 0.5) is 4.39 Å². The molecule has 3 nitrogen and oxygen atoms in total. The lowest BCUT2D eigenvalue weighted by molar-refractivity contribution is -0.123. The highest BCUT2D eigenvalue weighted by molar-refractivity contribution is 8.26. The molecule has 22 heavy (non-hydrogen) atoms. The van der Waals surface area contributed by atoms with Gasteiger partial charge in [0.25, 0.3) is 5.91 Å². The van der Waals surface area contributed by atoms with E-state index in [4.69, 9.17) is 12.2 Å². The minimum Gasteiger partial charge on any atom is -0.286 e. The van der Waals surface area contributed by atoms with Crippen LogP contribution in [0.25, 0.3) is 6.08 Å². The molecule has 1 aromatic carbocycles. The Morgan fingerprint density at radius 2 is 2.05 bits per heavy atom. The van der Waals surface area contributed by atoms with Crippen LogP contribution < -0.4 is 0 Å². The van der Waals surface area contributed by atoms with Crippen LogP contribution in [0.3, 0.4) is 0 Å². The first-order valence-electron chi connectivity index (χ1n) is 7.37. The number of thioether (sulfide) groups is 1. The van der Waals surface area contributed by atoms with Gasteiger partial charge in [-0.15, -0.1) is 0 Å². The van der Waals surface area contributed by atoms with Gasteiger partial charge in [0.2, 0.25) is 0 Å². The van der Waals surface area contributed by atoms with Crippen LogP contribution in [-0.2, 0) is 4.79 Å². The third-order valence-electron chi connectivity index (χ3n) is 3.81. The monoisotopic (exact) mass is 336 g/mol. The van der Waals surface area contributed by atoms with Crippen molar-refractivity contribution >= 4 is 40.3 Å². The zero-order chi connectivity index (χ0) is 15.5. The highest BCUT2D eigenvalue weighted by atomic mass is 32.2. The van der Waals surface area contributed by atoms with E-state index in [1.807, 2.05) is 0 Å². The fourth-order valence-corrected chi connectivity index (χ4v) is 3.91. The Morgan fingerprint density at radius 3 is 2.77 bits per heavy atom. The number of carbonyl (C=O) groups excluding carboxylic acids is 1. The van der Waals surface area contributed by atoms with Crippen LogP contribution >= 0.6 is 24.0 Å². The molecule has 0 aliphatic carbocycles. The van der Waals surface area contributed by atoms with E-state index >= 15 is 0 Å². The number of likely N-dealkylation sites (tertiary alicyclic amines) is 1. The highest BCUT2D eigenvalue weighted by Gasteiger charge is 2.33. The van der Waals surface area contributed by atoms with Gasteiger partial charge in [-0.3, -0.25) is 14.6 Å². The van der Waals surface area contributed by atoms with Crippen LogP contribution in [-0.4, -0.2) is 39.8 Å². The van der Waals surface area contributed by atoms with E-state index in [0.29, 0.717) is 21.5 Å². The van der Waals surface area contributed by atoms with E-state index in [9.17, 15) is 9.18 Å². The first-order valence-corrected chi connectivity index (χ1v) is 8.59. The largest absolute Gasteiger partial charge is 0.286 e. The van der Waals surface area contributed by atoms with E-state index in [-0.39, 0.29) is 11.7 Å². The zero-order valence-corrected chi connectivity index (χ0v) is 13.8. The molecule has 0 unspecified atom stereocenters. The zero-order valence-electron chi connectivity index (χ0n) is 12.1. The molecule has 0 saturated carbocycles. The molecule has 0 aromatic heterocycles. The Bertz CT molecular complexity index is 626. The third-order valence-corrected chi connectivity index (χ3v) is 5.19. The van der Waals surface area contributed by atoms with Crippen molar-refractivity contribution in [3.63, 3.8) is 0 Å². The molecule has 1 amide bonds. The van der Waals surface area contributed by atoms with Crippen LogP contribution in [0.2, 0.25) is 0 Å².